The minimum absolute atomic E-state index is 0.0592. The quantitative estimate of drug-likeness (QED) is 0.129. The molecule has 63 heavy (non-hydrogen) atoms. The molecule has 0 aliphatic carbocycles. The van der Waals surface area contributed by atoms with Gasteiger partial charge >= 0.3 is 11.8 Å². The molecule has 1 amide bonds. The van der Waals surface area contributed by atoms with Gasteiger partial charge in [0.05, 0.1) is 41.2 Å². The van der Waals surface area contributed by atoms with Crippen LogP contribution < -0.4 is 20.8 Å². The third-order valence-electron chi connectivity index (χ3n) is 13.6. The van der Waals surface area contributed by atoms with Crippen LogP contribution in [0.3, 0.4) is 0 Å². The molecule has 344 valence electrons. The van der Waals surface area contributed by atoms with E-state index in [4.69, 9.17) is 23.9 Å². The second-order valence-electron chi connectivity index (χ2n) is 18.2. The van der Waals surface area contributed by atoms with E-state index in [9.17, 15) is 34.8 Å². The van der Waals surface area contributed by atoms with E-state index in [1.54, 1.807) is 65.8 Å². The lowest BCUT2D eigenvalue weighted by atomic mass is 9.78. The lowest BCUT2D eigenvalue weighted by molar-refractivity contribution is -0.160. The number of anilines is 1. The first-order chi connectivity index (χ1) is 29.8. The molecule has 1 saturated heterocycles. The molecule has 15 nitrogen and oxygen atoms in total. The minimum atomic E-state index is -1.95. The molecule has 2 aromatic carbocycles. The summed E-state index contributed by atoms with van der Waals surface area (Å²) in [6.45, 7) is 17.5. The summed E-state index contributed by atoms with van der Waals surface area (Å²) in [5.74, 6) is -7.00. The van der Waals surface area contributed by atoms with Crippen molar-refractivity contribution in [1.82, 2.24) is 4.90 Å². The van der Waals surface area contributed by atoms with Crippen LogP contribution in [0.2, 0.25) is 0 Å². The second kappa shape index (κ2) is 19.1. The van der Waals surface area contributed by atoms with Crippen molar-refractivity contribution in [1.29, 1.82) is 0 Å². The number of amides is 1. The largest absolute Gasteiger partial charge is 0.507 e. The Labute approximate surface area is 369 Å². The SMILES string of the molecule is CCCCCCN1CCC2(CC1)N=c1c(c3c4c5c(C)c(O)c3c(O)c1=NC(=O)/C(C)=C\C=C/C(C)C(O)C(C)C(O)C(C)C(OC(C)=O)C(C)C(OC)/C=C\OC(C)(O5)C4=O)N2. The minimum Gasteiger partial charge on any atom is -0.507 e. The molecule has 5 bridgehead atoms. The zero-order valence-corrected chi connectivity index (χ0v) is 38.4. The van der Waals surface area contributed by atoms with Crippen LogP contribution in [0.5, 0.6) is 17.2 Å². The van der Waals surface area contributed by atoms with Crippen molar-refractivity contribution in [3.8, 4) is 17.2 Å². The molecule has 1 fully saturated rings. The Hall–Kier alpha value is -4.83. The Morgan fingerprint density at radius 2 is 1.65 bits per heavy atom. The number of nitrogens with zero attached hydrogens (tertiary/aromatic N) is 3. The predicted molar refractivity (Wildman–Crippen MR) is 237 cm³/mol. The van der Waals surface area contributed by atoms with Gasteiger partial charge in [0.15, 0.2) is 5.75 Å². The molecule has 9 atom stereocenters. The molecule has 0 saturated carbocycles. The smallest absolute Gasteiger partial charge is 0.312 e. The number of aromatic hydroxyl groups is 2. The van der Waals surface area contributed by atoms with Crippen LogP contribution in [0.1, 0.15) is 110 Å². The summed E-state index contributed by atoms with van der Waals surface area (Å²) in [6.07, 6.45) is 9.73. The van der Waals surface area contributed by atoms with Crippen molar-refractivity contribution in [2.75, 3.05) is 32.1 Å². The predicted octanol–water partition coefficient (Wildman–Crippen LogP) is 5.67. The number of ketones is 1. The van der Waals surface area contributed by atoms with Crippen molar-refractivity contribution >= 4 is 34.1 Å². The number of carbonyl (C=O) groups is 3. The summed E-state index contributed by atoms with van der Waals surface area (Å²) < 4.78 is 24.0. The Morgan fingerprint density at radius 1 is 0.952 bits per heavy atom. The fraction of sp³-hybridized carbons (Fsp3) is 0.604. The number of piperidine rings is 1. The number of nitrogens with one attached hydrogen (secondary N) is 1. The van der Waals surface area contributed by atoms with Crippen molar-refractivity contribution in [2.24, 2.45) is 33.7 Å². The monoisotopic (exact) mass is 874 g/mol. The molecule has 0 radical (unpaired) electrons. The summed E-state index contributed by atoms with van der Waals surface area (Å²) in [5, 5.41) is 50.7. The van der Waals surface area contributed by atoms with Gasteiger partial charge in [0.1, 0.15) is 34.0 Å². The summed E-state index contributed by atoms with van der Waals surface area (Å²) in [7, 11) is 1.47. The molecule has 9 unspecified atom stereocenters. The van der Waals surface area contributed by atoms with Gasteiger partial charge in [0, 0.05) is 87.1 Å². The fourth-order valence-electron chi connectivity index (χ4n) is 9.53. The maximum Gasteiger partial charge on any atom is 0.312 e. The van der Waals surface area contributed by atoms with Gasteiger partial charge in [-0.25, -0.2) is 4.99 Å². The lowest BCUT2D eigenvalue weighted by Crippen LogP contribution is -2.47. The highest BCUT2D eigenvalue weighted by atomic mass is 16.7. The number of hydrogen-bond acceptors (Lipinski definition) is 14. The van der Waals surface area contributed by atoms with E-state index < -0.39 is 82.9 Å². The molecule has 5 N–H and O–H groups in total. The first-order valence-electron chi connectivity index (χ1n) is 22.4. The van der Waals surface area contributed by atoms with Crippen LogP contribution in [0.4, 0.5) is 5.69 Å². The number of methoxy groups -OCH3 is 1. The molecule has 1 spiro atoms. The van der Waals surface area contributed by atoms with Crippen molar-refractivity contribution in [3.63, 3.8) is 0 Å². The highest BCUT2D eigenvalue weighted by Gasteiger charge is 2.51. The summed E-state index contributed by atoms with van der Waals surface area (Å²) >= 11 is 0. The van der Waals surface area contributed by atoms with Gasteiger partial charge < -0.3 is 49.6 Å². The number of unbranched alkanes of at least 4 members (excludes halogenated alkanes) is 3. The number of fused-ring (bicyclic) bond motifs is 13. The maximum atomic E-state index is 14.8. The van der Waals surface area contributed by atoms with Gasteiger partial charge in [0.25, 0.3) is 11.7 Å². The summed E-state index contributed by atoms with van der Waals surface area (Å²) in [4.78, 5) is 53.1. The van der Waals surface area contributed by atoms with Gasteiger partial charge in [-0.2, -0.15) is 0 Å². The number of phenolic OH excluding ortho intramolecular Hbond substituents is 2. The van der Waals surface area contributed by atoms with Crippen molar-refractivity contribution in [3.05, 3.63) is 58.0 Å². The Kier molecular flexibility index (Phi) is 14.4. The van der Waals surface area contributed by atoms with Gasteiger partial charge in [-0.1, -0.05) is 72.1 Å². The molecule has 5 aliphatic rings. The van der Waals surface area contributed by atoms with E-state index in [1.165, 1.54) is 33.6 Å². The van der Waals surface area contributed by atoms with Crippen LogP contribution in [-0.4, -0.2) is 106 Å². The second-order valence-corrected chi connectivity index (χ2v) is 18.2. The molecule has 15 heteroatoms. The van der Waals surface area contributed by atoms with Crippen LogP contribution in [0.15, 0.2) is 46.1 Å². The number of aliphatic hydroxyl groups is 2. The Morgan fingerprint density at radius 3 is 2.30 bits per heavy atom. The molecule has 7 rings (SSSR count). The van der Waals surface area contributed by atoms with E-state index in [0.717, 1.165) is 38.9 Å². The number of likely N-dealkylation sites (tertiary alicyclic amines) is 1. The van der Waals surface area contributed by atoms with Crippen LogP contribution in [0, 0.1) is 30.6 Å². The number of hydrogen-bond donors (Lipinski definition) is 5. The number of Topliss-reactive ketones (excluding diaryl/α,β-unsaturated/α-hetero) is 1. The van der Waals surface area contributed by atoms with E-state index in [-0.39, 0.29) is 49.7 Å². The highest BCUT2D eigenvalue weighted by molar-refractivity contribution is 6.21. The van der Waals surface area contributed by atoms with E-state index in [2.05, 4.69) is 22.1 Å². The molecule has 0 aromatic heterocycles. The van der Waals surface area contributed by atoms with Gasteiger partial charge in [-0.05, 0) is 32.9 Å². The van der Waals surface area contributed by atoms with E-state index in [1.807, 2.05) is 0 Å². The van der Waals surface area contributed by atoms with E-state index in [0.29, 0.717) is 18.5 Å². The topological polar surface area (TPSA) is 209 Å². The standard InChI is InChI=1S/C48H66N4O11/c1-11-12-13-14-21-52-22-19-48(20-23-52)50-36-33-34-41(56)30(7)44-35(33)45(58)47(9,63-44)61-24-18-32(60-10)27(4)43(62-31(8)53)29(6)40(55)28(5)39(54)25(2)16-15-17-26(3)46(59)49-38(42(34)57)37(36)51-48/h15-18,24-25,27-29,32,39-40,43,50,54-57H,11-14,19-23H2,1-10H3/b16-15-,24-18-,26-17-,49-38?. The fourth-order valence-corrected chi connectivity index (χ4v) is 9.53. The number of ether oxygens (including phenoxy) is 4. The number of esters is 1. The Balaban J connectivity index is 1.52. The van der Waals surface area contributed by atoms with Gasteiger partial charge in [-0.15, -0.1) is 0 Å². The molecule has 2 aromatic rings. The van der Waals surface area contributed by atoms with Crippen LogP contribution in [0.25, 0.3) is 10.8 Å². The molecule has 5 heterocycles. The third-order valence-corrected chi connectivity index (χ3v) is 13.6. The number of rotatable bonds is 7. The van der Waals surface area contributed by atoms with Crippen LogP contribution >= 0.6 is 0 Å². The van der Waals surface area contributed by atoms with E-state index >= 15 is 0 Å². The normalized spacial score (nSPS) is 31.9. The third kappa shape index (κ3) is 9.25. The summed E-state index contributed by atoms with van der Waals surface area (Å²) in [5.41, 5.74) is -0.0826. The number of carbonyl (C=O) groups excluding carboxylic acids is 3. The van der Waals surface area contributed by atoms with Gasteiger partial charge in [-0.3, -0.25) is 19.4 Å². The zero-order chi connectivity index (χ0) is 46.1. The zero-order valence-electron chi connectivity index (χ0n) is 38.4. The van der Waals surface area contributed by atoms with Crippen molar-refractivity contribution in [2.45, 2.75) is 137 Å². The number of aliphatic hydroxyl groups excluding tert-OH is 2. The molecule has 5 aliphatic heterocycles. The number of allylic oxidation sites excluding steroid dienone is 2. The number of benzene rings is 2. The Bertz CT molecular complexity index is 2320. The summed E-state index contributed by atoms with van der Waals surface area (Å²) in [6, 6.07) is 0. The average Bonchev–Trinajstić information content (AvgIpc) is 3.75. The van der Waals surface area contributed by atoms with Crippen LogP contribution in [-0.2, 0) is 23.8 Å². The molecular weight excluding hydrogens is 809 g/mol. The first-order valence-corrected chi connectivity index (χ1v) is 22.4. The average molecular weight is 875 g/mol. The highest BCUT2D eigenvalue weighted by Crippen LogP contribution is 2.51. The van der Waals surface area contributed by atoms with Crippen molar-refractivity contribution < 1.29 is 53.8 Å². The molecular formula is C48H66N4O11. The maximum absolute atomic E-state index is 14.8. The lowest BCUT2D eigenvalue weighted by Gasteiger charge is -2.38. The first kappa shape index (κ1) is 47.6. The number of phenols is 2. The van der Waals surface area contributed by atoms with Gasteiger partial charge in [0.2, 0.25) is 0 Å².